The first-order valence-electron chi connectivity index (χ1n) is 7.12. The quantitative estimate of drug-likeness (QED) is 0.718. The molecule has 1 atom stereocenters. The predicted molar refractivity (Wildman–Crippen MR) is 81.0 cm³/mol. The van der Waals surface area contributed by atoms with Crippen LogP contribution >= 0.6 is 0 Å². The van der Waals surface area contributed by atoms with E-state index in [1.165, 1.54) is 0 Å². The van der Waals surface area contributed by atoms with Crippen molar-refractivity contribution in [2.45, 2.75) is 19.1 Å². The number of nitrogens with one attached hydrogen (secondary N) is 1. The largest absolute Gasteiger partial charge is 0.388 e. The highest BCUT2D eigenvalue weighted by Gasteiger charge is 2.22. The van der Waals surface area contributed by atoms with E-state index in [0.717, 1.165) is 41.1 Å². The first-order chi connectivity index (χ1) is 10.3. The zero-order valence-corrected chi connectivity index (χ0v) is 11.5. The topological polar surface area (TPSA) is 65.0 Å². The highest BCUT2D eigenvalue weighted by atomic mass is 16.3. The first kappa shape index (κ1) is 12.3. The molecule has 0 spiro atoms. The molecular weight excluding hydrogens is 264 g/mol. The van der Waals surface area contributed by atoms with Crippen LogP contribution in [-0.4, -0.2) is 26.6 Å². The van der Waals surface area contributed by atoms with Crippen molar-refractivity contribution in [1.29, 1.82) is 0 Å². The molecule has 0 aliphatic carbocycles. The summed E-state index contributed by atoms with van der Waals surface area (Å²) in [6, 6.07) is 10.1. The number of fused-ring (bicyclic) bond motifs is 2. The average Bonchev–Trinajstić information content (AvgIpc) is 2.93. The van der Waals surface area contributed by atoms with Crippen LogP contribution in [0.4, 0.5) is 5.82 Å². The predicted octanol–water partition coefficient (Wildman–Crippen LogP) is 2.40. The Labute approximate surface area is 122 Å². The Hall–Kier alpha value is -2.40. The Bertz CT molecular complexity index is 783. The molecule has 0 saturated carbocycles. The van der Waals surface area contributed by atoms with E-state index < -0.39 is 6.10 Å². The number of hydrogen-bond acceptors (Lipinski definition) is 4. The van der Waals surface area contributed by atoms with Crippen LogP contribution in [0.5, 0.6) is 0 Å². The Kier molecular flexibility index (Phi) is 2.86. The van der Waals surface area contributed by atoms with Gasteiger partial charge in [-0.1, -0.05) is 24.3 Å². The molecule has 0 fully saturated rings. The van der Waals surface area contributed by atoms with Gasteiger partial charge in [-0.05, 0) is 23.6 Å². The minimum Gasteiger partial charge on any atom is -0.388 e. The van der Waals surface area contributed by atoms with Gasteiger partial charge in [-0.25, -0.2) is 9.97 Å². The van der Waals surface area contributed by atoms with Crippen molar-refractivity contribution in [2.75, 3.05) is 11.4 Å². The van der Waals surface area contributed by atoms with Crippen molar-refractivity contribution in [3.8, 4) is 0 Å². The molecule has 3 aromatic rings. The summed E-state index contributed by atoms with van der Waals surface area (Å²) >= 11 is 0. The lowest BCUT2D eigenvalue weighted by molar-refractivity contribution is 0.171. The Morgan fingerprint density at radius 1 is 1.19 bits per heavy atom. The van der Waals surface area contributed by atoms with Crippen molar-refractivity contribution in [2.24, 2.45) is 0 Å². The van der Waals surface area contributed by atoms with Gasteiger partial charge >= 0.3 is 0 Å². The molecule has 1 aliphatic heterocycles. The molecule has 2 N–H and O–H groups in total. The minimum atomic E-state index is -0.408. The van der Waals surface area contributed by atoms with E-state index in [1.54, 1.807) is 6.33 Å². The number of aromatic nitrogens is 3. The highest BCUT2D eigenvalue weighted by Crippen LogP contribution is 2.30. The molecule has 0 bridgehead atoms. The number of rotatable bonds is 1. The Morgan fingerprint density at radius 2 is 2.10 bits per heavy atom. The molecule has 106 valence electrons. The number of hydrogen-bond donors (Lipinski definition) is 2. The van der Waals surface area contributed by atoms with Gasteiger partial charge in [0.1, 0.15) is 17.8 Å². The molecule has 1 aliphatic rings. The number of benzene rings is 1. The van der Waals surface area contributed by atoms with E-state index in [0.29, 0.717) is 6.42 Å². The second-order valence-corrected chi connectivity index (χ2v) is 5.36. The third kappa shape index (κ3) is 2.06. The molecule has 21 heavy (non-hydrogen) atoms. The Morgan fingerprint density at radius 3 is 3.05 bits per heavy atom. The zero-order chi connectivity index (χ0) is 14.2. The van der Waals surface area contributed by atoms with Crippen molar-refractivity contribution in [1.82, 2.24) is 15.0 Å². The Balaban J connectivity index is 1.79. The summed E-state index contributed by atoms with van der Waals surface area (Å²) in [4.78, 5) is 14.0. The van der Waals surface area contributed by atoms with Crippen LogP contribution < -0.4 is 4.90 Å². The smallest absolute Gasteiger partial charge is 0.142 e. The fourth-order valence-corrected chi connectivity index (χ4v) is 3.01. The first-order valence-corrected chi connectivity index (χ1v) is 7.12. The summed E-state index contributed by atoms with van der Waals surface area (Å²) in [6.07, 6.45) is 3.76. The summed E-state index contributed by atoms with van der Waals surface area (Å²) < 4.78 is 0. The third-order valence-electron chi connectivity index (χ3n) is 4.08. The summed E-state index contributed by atoms with van der Waals surface area (Å²) in [6.45, 7) is 1.53. The molecule has 0 radical (unpaired) electrons. The number of aliphatic hydroxyl groups is 1. The molecule has 4 rings (SSSR count). The fourth-order valence-electron chi connectivity index (χ4n) is 3.01. The van der Waals surface area contributed by atoms with Crippen molar-refractivity contribution in [3.63, 3.8) is 0 Å². The lowest BCUT2D eigenvalue weighted by atomic mass is 10.0. The minimum absolute atomic E-state index is 0.408. The lowest BCUT2D eigenvalue weighted by Gasteiger charge is -2.22. The summed E-state index contributed by atoms with van der Waals surface area (Å²) in [5.74, 6) is 0.921. The van der Waals surface area contributed by atoms with E-state index in [9.17, 15) is 5.11 Å². The lowest BCUT2D eigenvalue weighted by Crippen LogP contribution is -2.24. The van der Waals surface area contributed by atoms with Crippen LogP contribution in [0.15, 0.2) is 42.9 Å². The van der Waals surface area contributed by atoms with Gasteiger partial charge < -0.3 is 15.0 Å². The zero-order valence-electron chi connectivity index (χ0n) is 11.5. The van der Waals surface area contributed by atoms with Gasteiger partial charge in [-0.2, -0.15) is 0 Å². The third-order valence-corrected chi connectivity index (χ3v) is 4.08. The summed E-state index contributed by atoms with van der Waals surface area (Å²) in [7, 11) is 0. The molecule has 3 heterocycles. The molecule has 0 saturated heterocycles. The van der Waals surface area contributed by atoms with Crippen LogP contribution in [0.25, 0.3) is 11.0 Å². The van der Waals surface area contributed by atoms with E-state index in [-0.39, 0.29) is 0 Å². The number of aliphatic hydroxyl groups excluding tert-OH is 1. The van der Waals surface area contributed by atoms with Crippen LogP contribution in [0.3, 0.4) is 0 Å². The van der Waals surface area contributed by atoms with Crippen LogP contribution in [-0.2, 0) is 6.54 Å². The van der Waals surface area contributed by atoms with Crippen LogP contribution in [0, 0.1) is 0 Å². The molecule has 1 unspecified atom stereocenters. The maximum Gasteiger partial charge on any atom is 0.142 e. The molecule has 2 aromatic heterocycles. The van der Waals surface area contributed by atoms with Crippen LogP contribution in [0.1, 0.15) is 23.7 Å². The van der Waals surface area contributed by atoms with Crippen molar-refractivity contribution < 1.29 is 5.11 Å². The van der Waals surface area contributed by atoms with Gasteiger partial charge in [-0.15, -0.1) is 0 Å². The average molecular weight is 280 g/mol. The molecule has 5 nitrogen and oxygen atoms in total. The van der Waals surface area contributed by atoms with Gasteiger partial charge in [0.15, 0.2) is 0 Å². The molecular formula is C16H16N4O. The molecule has 1 aromatic carbocycles. The van der Waals surface area contributed by atoms with Crippen LogP contribution in [0.2, 0.25) is 0 Å². The van der Waals surface area contributed by atoms with E-state index in [2.05, 4.69) is 25.9 Å². The maximum atomic E-state index is 10.3. The molecule has 0 amide bonds. The van der Waals surface area contributed by atoms with Gasteiger partial charge in [0.2, 0.25) is 0 Å². The van der Waals surface area contributed by atoms with Gasteiger partial charge in [0.05, 0.1) is 11.5 Å². The van der Waals surface area contributed by atoms with E-state index >= 15 is 0 Å². The van der Waals surface area contributed by atoms with E-state index in [1.807, 2.05) is 30.5 Å². The van der Waals surface area contributed by atoms with Gasteiger partial charge in [0.25, 0.3) is 0 Å². The monoisotopic (exact) mass is 280 g/mol. The number of nitrogens with zero attached hydrogens (tertiary/aromatic N) is 3. The molecule has 5 heteroatoms. The maximum absolute atomic E-state index is 10.3. The fraction of sp³-hybridized carbons (Fsp3) is 0.250. The number of H-pyrrole nitrogens is 1. The SMILES string of the molecule is OC1CCN(c2ncnc3[nH]ccc23)Cc2ccccc21. The van der Waals surface area contributed by atoms with Gasteiger partial charge in [0, 0.05) is 19.3 Å². The standard InChI is InChI=1S/C16H16N4O/c21-14-6-8-20(9-11-3-1-2-4-12(11)14)16-13-5-7-17-15(13)18-10-19-16/h1-5,7,10,14,21H,6,8-9H2,(H,17,18,19). The second kappa shape index (κ2) is 4.86. The van der Waals surface area contributed by atoms with Crippen molar-refractivity contribution in [3.05, 3.63) is 54.0 Å². The van der Waals surface area contributed by atoms with E-state index in [4.69, 9.17) is 0 Å². The summed E-state index contributed by atoms with van der Waals surface area (Å²) in [5.41, 5.74) is 3.03. The number of anilines is 1. The van der Waals surface area contributed by atoms with Gasteiger partial charge in [-0.3, -0.25) is 0 Å². The normalized spacial score (nSPS) is 18.5. The number of aromatic amines is 1. The van der Waals surface area contributed by atoms with Crippen molar-refractivity contribution >= 4 is 16.9 Å². The summed E-state index contributed by atoms with van der Waals surface area (Å²) in [5, 5.41) is 11.3. The second-order valence-electron chi connectivity index (χ2n) is 5.36. The highest BCUT2D eigenvalue weighted by molar-refractivity contribution is 5.87.